The van der Waals surface area contributed by atoms with Crippen molar-refractivity contribution < 1.29 is 9.59 Å². The van der Waals surface area contributed by atoms with E-state index in [0.717, 1.165) is 18.4 Å². The van der Waals surface area contributed by atoms with E-state index < -0.39 is 0 Å². The topological polar surface area (TPSA) is 64.7 Å². The Bertz CT molecular complexity index is 577. The highest BCUT2D eigenvalue weighted by Gasteiger charge is 2.41. The summed E-state index contributed by atoms with van der Waals surface area (Å²) >= 11 is 0. The molecule has 0 aromatic heterocycles. The molecule has 0 unspecified atom stereocenters. The standard InChI is InChI=1S/C17H24N4O2/c1-3-13(12-7-5-4-6-8-12)18-17(23)21-10-9-15-14(11-21)19-16(22)20(15)2/h4-8,13-15H,3,9-11H2,1-2H3,(H,18,23)(H,19,22)/t13-,14+,15-/m0/s1. The second-order valence-corrected chi connectivity index (χ2v) is 6.29. The highest BCUT2D eigenvalue weighted by Crippen LogP contribution is 2.22. The van der Waals surface area contributed by atoms with Crippen LogP contribution in [0.4, 0.5) is 9.59 Å². The summed E-state index contributed by atoms with van der Waals surface area (Å²) < 4.78 is 0. The maximum Gasteiger partial charge on any atom is 0.317 e. The Balaban J connectivity index is 1.62. The number of carbonyl (C=O) groups excluding carboxylic acids is 2. The van der Waals surface area contributed by atoms with Gasteiger partial charge in [-0.1, -0.05) is 37.3 Å². The van der Waals surface area contributed by atoms with Crippen molar-refractivity contribution in [1.29, 1.82) is 0 Å². The Hall–Kier alpha value is -2.24. The number of hydrogen-bond acceptors (Lipinski definition) is 2. The van der Waals surface area contributed by atoms with E-state index in [1.165, 1.54) is 0 Å². The largest absolute Gasteiger partial charge is 0.331 e. The van der Waals surface area contributed by atoms with Gasteiger partial charge in [-0.15, -0.1) is 0 Å². The first-order valence-electron chi connectivity index (χ1n) is 8.24. The van der Waals surface area contributed by atoms with Crippen LogP contribution in [0.25, 0.3) is 0 Å². The summed E-state index contributed by atoms with van der Waals surface area (Å²) in [7, 11) is 1.82. The second-order valence-electron chi connectivity index (χ2n) is 6.29. The SMILES string of the molecule is CC[C@H](NC(=O)N1CC[C@H]2[C@@H](C1)NC(=O)N2C)c1ccccc1. The van der Waals surface area contributed by atoms with Crippen molar-refractivity contribution in [1.82, 2.24) is 20.4 Å². The van der Waals surface area contributed by atoms with Crippen LogP contribution in [0.1, 0.15) is 31.4 Å². The summed E-state index contributed by atoms with van der Waals surface area (Å²) in [6, 6.07) is 10.2. The normalized spacial score (nSPS) is 24.9. The molecule has 2 aliphatic heterocycles. The Kier molecular flexibility index (Phi) is 4.41. The van der Waals surface area contributed by atoms with E-state index in [0.29, 0.717) is 13.1 Å². The number of likely N-dealkylation sites (tertiary alicyclic amines) is 1. The van der Waals surface area contributed by atoms with Gasteiger partial charge in [-0.3, -0.25) is 0 Å². The summed E-state index contributed by atoms with van der Waals surface area (Å²) in [6.07, 6.45) is 1.66. The molecule has 1 aromatic rings. The second kappa shape index (κ2) is 6.48. The Morgan fingerprint density at radius 2 is 2.13 bits per heavy atom. The Morgan fingerprint density at radius 1 is 1.39 bits per heavy atom. The first kappa shape index (κ1) is 15.6. The average molecular weight is 316 g/mol. The molecule has 2 fully saturated rings. The molecule has 0 aliphatic carbocycles. The number of likely N-dealkylation sites (N-methyl/N-ethyl adjacent to an activating group) is 1. The van der Waals surface area contributed by atoms with Crippen molar-refractivity contribution in [3.63, 3.8) is 0 Å². The average Bonchev–Trinajstić information content (AvgIpc) is 2.87. The molecule has 2 saturated heterocycles. The quantitative estimate of drug-likeness (QED) is 0.895. The van der Waals surface area contributed by atoms with E-state index in [1.54, 1.807) is 4.90 Å². The lowest BCUT2D eigenvalue weighted by Gasteiger charge is -2.36. The van der Waals surface area contributed by atoms with E-state index >= 15 is 0 Å². The third kappa shape index (κ3) is 3.11. The van der Waals surface area contributed by atoms with Crippen LogP contribution in [0.15, 0.2) is 30.3 Å². The van der Waals surface area contributed by atoms with Gasteiger partial charge in [-0.2, -0.15) is 0 Å². The molecular formula is C17H24N4O2. The van der Waals surface area contributed by atoms with Crippen LogP contribution >= 0.6 is 0 Å². The van der Waals surface area contributed by atoms with Gasteiger partial charge < -0.3 is 20.4 Å². The molecule has 124 valence electrons. The molecule has 4 amide bonds. The number of benzene rings is 1. The summed E-state index contributed by atoms with van der Waals surface area (Å²) in [5.74, 6) is 0. The first-order chi connectivity index (χ1) is 11.1. The number of carbonyl (C=O) groups is 2. The molecule has 0 bridgehead atoms. The van der Waals surface area contributed by atoms with Gasteiger partial charge in [0, 0.05) is 20.1 Å². The Morgan fingerprint density at radius 3 is 2.83 bits per heavy atom. The number of hydrogen-bond donors (Lipinski definition) is 2. The molecule has 0 spiro atoms. The number of piperidine rings is 1. The Labute approximate surface area is 136 Å². The monoisotopic (exact) mass is 316 g/mol. The number of nitrogens with one attached hydrogen (secondary N) is 2. The van der Waals surface area contributed by atoms with Crippen LogP contribution < -0.4 is 10.6 Å². The lowest BCUT2D eigenvalue weighted by atomic mass is 10.0. The maximum absolute atomic E-state index is 12.6. The summed E-state index contributed by atoms with van der Waals surface area (Å²) in [4.78, 5) is 27.9. The minimum absolute atomic E-state index is 0.0160. The van der Waals surface area contributed by atoms with Crippen molar-refractivity contribution in [2.45, 2.75) is 37.9 Å². The molecule has 0 saturated carbocycles. The third-order valence-corrected chi connectivity index (χ3v) is 4.90. The number of amides is 4. The fraction of sp³-hybridized carbons (Fsp3) is 0.529. The molecular weight excluding hydrogens is 292 g/mol. The van der Waals surface area contributed by atoms with Crippen molar-refractivity contribution in [2.75, 3.05) is 20.1 Å². The molecule has 6 nitrogen and oxygen atoms in total. The lowest BCUT2D eigenvalue weighted by molar-refractivity contribution is 0.151. The maximum atomic E-state index is 12.6. The van der Waals surface area contributed by atoms with Crippen LogP contribution in [-0.2, 0) is 0 Å². The summed E-state index contributed by atoms with van der Waals surface area (Å²) in [6.45, 7) is 3.31. The van der Waals surface area contributed by atoms with Gasteiger partial charge in [0.2, 0.25) is 0 Å². The molecule has 6 heteroatoms. The van der Waals surface area contributed by atoms with Gasteiger partial charge in [-0.25, -0.2) is 9.59 Å². The van der Waals surface area contributed by atoms with Crippen molar-refractivity contribution >= 4 is 12.1 Å². The zero-order valence-electron chi connectivity index (χ0n) is 13.7. The number of fused-ring (bicyclic) bond motifs is 1. The van der Waals surface area contributed by atoms with Crippen LogP contribution in [-0.4, -0.2) is 54.1 Å². The van der Waals surface area contributed by atoms with E-state index in [4.69, 9.17) is 0 Å². The molecule has 2 N–H and O–H groups in total. The van der Waals surface area contributed by atoms with Crippen molar-refractivity contribution in [3.05, 3.63) is 35.9 Å². The molecule has 0 radical (unpaired) electrons. The third-order valence-electron chi connectivity index (χ3n) is 4.90. The fourth-order valence-electron chi connectivity index (χ4n) is 3.49. The smallest absolute Gasteiger partial charge is 0.317 e. The van der Waals surface area contributed by atoms with E-state index in [9.17, 15) is 9.59 Å². The minimum Gasteiger partial charge on any atom is -0.331 e. The van der Waals surface area contributed by atoms with Crippen molar-refractivity contribution in [2.24, 2.45) is 0 Å². The van der Waals surface area contributed by atoms with Crippen molar-refractivity contribution in [3.8, 4) is 0 Å². The van der Waals surface area contributed by atoms with E-state index in [2.05, 4.69) is 17.6 Å². The van der Waals surface area contributed by atoms with Gasteiger partial charge in [0.1, 0.15) is 0 Å². The predicted molar refractivity (Wildman–Crippen MR) is 88.1 cm³/mol. The van der Waals surface area contributed by atoms with Gasteiger partial charge in [-0.05, 0) is 18.4 Å². The van der Waals surface area contributed by atoms with Crippen LogP contribution in [0.5, 0.6) is 0 Å². The van der Waals surface area contributed by atoms with Gasteiger partial charge in [0.15, 0.2) is 0 Å². The number of urea groups is 2. The molecule has 1 aromatic carbocycles. The summed E-state index contributed by atoms with van der Waals surface area (Å²) in [5.41, 5.74) is 1.12. The van der Waals surface area contributed by atoms with Crippen LogP contribution in [0.2, 0.25) is 0 Å². The highest BCUT2D eigenvalue weighted by molar-refractivity contribution is 5.79. The molecule has 3 rings (SSSR count). The number of rotatable bonds is 3. The van der Waals surface area contributed by atoms with Crippen LogP contribution in [0.3, 0.4) is 0 Å². The lowest BCUT2D eigenvalue weighted by Crippen LogP contribution is -2.55. The number of nitrogens with zero attached hydrogens (tertiary/aromatic N) is 2. The highest BCUT2D eigenvalue weighted by atomic mass is 16.2. The predicted octanol–water partition coefficient (Wildman–Crippen LogP) is 1.95. The van der Waals surface area contributed by atoms with Crippen LogP contribution in [0, 0.1) is 0 Å². The molecule has 23 heavy (non-hydrogen) atoms. The van der Waals surface area contributed by atoms with Gasteiger partial charge in [0.05, 0.1) is 18.1 Å². The van der Waals surface area contributed by atoms with E-state index in [1.807, 2.05) is 42.3 Å². The zero-order valence-corrected chi connectivity index (χ0v) is 13.7. The molecule has 2 aliphatic rings. The fourth-order valence-corrected chi connectivity index (χ4v) is 3.49. The molecule has 3 atom stereocenters. The zero-order chi connectivity index (χ0) is 16.4. The first-order valence-corrected chi connectivity index (χ1v) is 8.24. The molecule has 2 heterocycles. The summed E-state index contributed by atoms with van der Waals surface area (Å²) in [5, 5.41) is 6.07. The van der Waals surface area contributed by atoms with E-state index in [-0.39, 0.29) is 30.2 Å². The van der Waals surface area contributed by atoms with Gasteiger partial charge in [0.25, 0.3) is 0 Å². The minimum atomic E-state index is -0.0528. The van der Waals surface area contributed by atoms with Gasteiger partial charge >= 0.3 is 12.1 Å².